The molecule has 0 saturated carbocycles. The van der Waals surface area contributed by atoms with Crippen LogP contribution >= 0.6 is 11.8 Å². The minimum absolute atomic E-state index is 0.143. The number of hydrogen-bond donors (Lipinski definition) is 1. The van der Waals surface area contributed by atoms with Crippen LogP contribution in [0.5, 0.6) is 17.2 Å². The Morgan fingerprint density at radius 3 is 2.23 bits per heavy atom. The molecular weight excluding hydrogens is 464 g/mol. The maximum absolute atomic E-state index is 12.7. The number of nitrogens with zero attached hydrogens (tertiary/aromatic N) is 3. The summed E-state index contributed by atoms with van der Waals surface area (Å²) in [6.07, 6.45) is 0. The normalized spacial score (nSPS) is 10.6. The predicted molar refractivity (Wildman–Crippen MR) is 137 cm³/mol. The Kier molecular flexibility index (Phi) is 7.57. The van der Waals surface area contributed by atoms with Crippen molar-refractivity contribution in [1.82, 2.24) is 14.8 Å². The maximum Gasteiger partial charge on any atom is 0.234 e. The van der Waals surface area contributed by atoms with Crippen molar-refractivity contribution >= 4 is 23.4 Å². The number of nitrogens with one attached hydrogen (secondary N) is 1. The quantitative estimate of drug-likeness (QED) is 0.330. The van der Waals surface area contributed by atoms with Gasteiger partial charge in [0.15, 0.2) is 11.0 Å². The molecule has 0 saturated heterocycles. The summed E-state index contributed by atoms with van der Waals surface area (Å²) in [6, 6.07) is 20.7. The Hall–Kier alpha value is -3.98. The van der Waals surface area contributed by atoms with Gasteiger partial charge in [0.1, 0.15) is 17.2 Å². The first-order chi connectivity index (χ1) is 17.0. The van der Waals surface area contributed by atoms with E-state index >= 15 is 0 Å². The van der Waals surface area contributed by atoms with Gasteiger partial charge in [-0.3, -0.25) is 9.36 Å². The number of carbonyl (C=O) groups excluding carboxylic acids is 1. The zero-order valence-corrected chi connectivity index (χ0v) is 20.8. The van der Waals surface area contributed by atoms with Crippen LogP contribution < -0.4 is 19.5 Å². The van der Waals surface area contributed by atoms with Crippen molar-refractivity contribution < 1.29 is 19.0 Å². The Morgan fingerprint density at radius 2 is 1.57 bits per heavy atom. The van der Waals surface area contributed by atoms with Gasteiger partial charge in [-0.25, -0.2) is 0 Å². The van der Waals surface area contributed by atoms with Crippen molar-refractivity contribution in [1.29, 1.82) is 0 Å². The molecule has 3 aromatic carbocycles. The van der Waals surface area contributed by atoms with E-state index in [0.717, 1.165) is 16.9 Å². The molecule has 0 aliphatic heterocycles. The summed E-state index contributed by atoms with van der Waals surface area (Å²) < 4.78 is 18.1. The highest BCUT2D eigenvalue weighted by molar-refractivity contribution is 7.99. The van der Waals surface area contributed by atoms with Gasteiger partial charge in [-0.1, -0.05) is 41.6 Å². The van der Waals surface area contributed by atoms with Gasteiger partial charge in [0.05, 0.1) is 32.8 Å². The topological polar surface area (TPSA) is 87.5 Å². The van der Waals surface area contributed by atoms with Crippen molar-refractivity contribution in [2.45, 2.75) is 12.1 Å². The first-order valence-electron chi connectivity index (χ1n) is 10.8. The molecule has 0 spiro atoms. The van der Waals surface area contributed by atoms with Crippen molar-refractivity contribution in [2.24, 2.45) is 0 Å². The molecule has 1 N–H and O–H groups in total. The lowest BCUT2D eigenvalue weighted by atomic mass is 10.1. The highest BCUT2D eigenvalue weighted by Gasteiger charge is 2.21. The monoisotopic (exact) mass is 490 g/mol. The molecule has 9 heteroatoms. The number of anilines is 1. The average Bonchev–Trinajstić information content (AvgIpc) is 3.31. The number of aryl methyl sites for hydroxylation is 1. The molecule has 1 heterocycles. The van der Waals surface area contributed by atoms with Crippen molar-refractivity contribution in [2.75, 3.05) is 32.4 Å². The number of amides is 1. The molecule has 0 atom stereocenters. The van der Waals surface area contributed by atoms with E-state index in [-0.39, 0.29) is 11.7 Å². The third-order valence-electron chi connectivity index (χ3n) is 5.28. The number of thioether (sulfide) groups is 1. The van der Waals surface area contributed by atoms with E-state index in [1.54, 1.807) is 45.6 Å². The average molecular weight is 491 g/mol. The number of ether oxygens (including phenoxy) is 3. The van der Waals surface area contributed by atoms with Crippen LogP contribution in [0.15, 0.2) is 71.9 Å². The summed E-state index contributed by atoms with van der Waals surface area (Å²) >= 11 is 1.28. The number of carbonyl (C=O) groups is 1. The molecule has 1 amide bonds. The highest BCUT2D eigenvalue weighted by atomic mass is 32.2. The number of benzene rings is 3. The molecule has 0 bridgehead atoms. The van der Waals surface area contributed by atoms with Gasteiger partial charge in [0, 0.05) is 17.3 Å². The molecule has 8 nitrogen and oxygen atoms in total. The number of methoxy groups -OCH3 is 3. The zero-order valence-electron chi connectivity index (χ0n) is 19.9. The van der Waals surface area contributed by atoms with Gasteiger partial charge in [-0.15, -0.1) is 10.2 Å². The number of hydrogen-bond acceptors (Lipinski definition) is 7. The Morgan fingerprint density at radius 1 is 0.886 bits per heavy atom. The Bertz CT molecular complexity index is 1300. The molecular formula is C26H26N4O4S. The van der Waals surface area contributed by atoms with E-state index in [1.807, 2.05) is 54.0 Å². The lowest BCUT2D eigenvalue weighted by Crippen LogP contribution is -2.14. The Balaban J connectivity index is 1.65. The summed E-state index contributed by atoms with van der Waals surface area (Å²) in [7, 11) is 4.82. The molecule has 4 aromatic rings. The molecule has 1 aromatic heterocycles. The molecule has 0 aliphatic carbocycles. The summed E-state index contributed by atoms with van der Waals surface area (Å²) in [5.41, 5.74) is 3.43. The summed E-state index contributed by atoms with van der Waals surface area (Å²) in [4.78, 5) is 12.7. The van der Waals surface area contributed by atoms with E-state index < -0.39 is 0 Å². The fourth-order valence-electron chi connectivity index (χ4n) is 3.44. The van der Waals surface area contributed by atoms with Crippen molar-refractivity contribution in [3.8, 4) is 34.3 Å². The lowest BCUT2D eigenvalue weighted by molar-refractivity contribution is -0.113. The van der Waals surface area contributed by atoms with Gasteiger partial charge in [-0.05, 0) is 43.3 Å². The van der Waals surface area contributed by atoms with E-state index in [2.05, 4.69) is 15.5 Å². The van der Waals surface area contributed by atoms with Gasteiger partial charge in [-0.2, -0.15) is 0 Å². The number of rotatable bonds is 9. The molecule has 0 fully saturated rings. The van der Waals surface area contributed by atoms with Gasteiger partial charge >= 0.3 is 0 Å². The minimum Gasteiger partial charge on any atom is -0.497 e. The fraction of sp³-hybridized carbons (Fsp3) is 0.192. The summed E-state index contributed by atoms with van der Waals surface area (Å²) in [5, 5.41) is 12.3. The van der Waals surface area contributed by atoms with Gasteiger partial charge in [0.2, 0.25) is 5.91 Å². The summed E-state index contributed by atoms with van der Waals surface area (Å²) in [5.74, 6) is 2.63. The molecule has 4 rings (SSSR count). The van der Waals surface area contributed by atoms with Crippen LogP contribution in [0, 0.1) is 6.92 Å². The van der Waals surface area contributed by atoms with Crippen molar-refractivity contribution in [3.63, 3.8) is 0 Å². The lowest BCUT2D eigenvalue weighted by Gasteiger charge is -2.15. The third kappa shape index (κ3) is 5.58. The van der Waals surface area contributed by atoms with Crippen LogP contribution in [0.25, 0.3) is 17.1 Å². The molecule has 0 unspecified atom stereocenters. The maximum atomic E-state index is 12.7. The molecule has 180 valence electrons. The molecule has 0 radical (unpaired) electrons. The number of aromatic nitrogens is 3. The van der Waals surface area contributed by atoms with E-state index in [9.17, 15) is 4.79 Å². The second-order valence-electron chi connectivity index (χ2n) is 7.61. The van der Waals surface area contributed by atoms with Crippen LogP contribution in [0.4, 0.5) is 5.69 Å². The predicted octanol–water partition coefficient (Wildman–Crippen LogP) is 5.00. The zero-order chi connectivity index (χ0) is 24.8. The summed E-state index contributed by atoms with van der Waals surface area (Å²) in [6.45, 7) is 2.03. The third-order valence-corrected chi connectivity index (χ3v) is 6.21. The van der Waals surface area contributed by atoms with Crippen LogP contribution in [0.2, 0.25) is 0 Å². The van der Waals surface area contributed by atoms with Gasteiger partial charge in [0.25, 0.3) is 0 Å². The minimum atomic E-state index is -0.163. The molecule has 35 heavy (non-hydrogen) atoms. The van der Waals surface area contributed by atoms with Crippen LogP contribution in [0.3, 0.4) is 0 Å². The van der Waals surface area contributed by atoms with Gasteiger partial charge < -0.3 is 19.5 Å². The van der Waals surface area contributed by atoms with Crippen LogP contribution in [-0.2, 0) is 4.79 Å². The highest BCUT2D eigenvalue weighted by Crippen LogP contribution is 2.35. The molecule has 0 aliphatic rings. The van der Waals surface area contributed by atoms with Crippen LogP contribution in [0.1, 0.15) is 5.56 Å². The largest absolute Gasteiger partial charge is 0.497 e. The first kappa shape index (κ1) is 24.2. The SMILES string of the molecule is COc1ccc(NC(=O)CSc2nnc(-c3ccc(C)cc3)n2-c2cc(OC)ccc2OC)cc1. The standard InChI is InChI=1S/C26H26N4O4S/c1-17-5-7-18(8-6-17)25-28-29-26(30(25)22-15-21(33-3)13-14-23(22)34-4)35-16-24(31)27-19-9-11-20(32-2)12-10-19/h5-15H,16H2,1-4H3,(H,27,31). The van der Waals surface area contributed by atoms with Crippen molar-refractivity contribution in [3.05, 3.63) is 72.3 Å². The smallest absolute Gasteiger partial charge is 0.234 e. The van der Waals surface area contributed by atoms with E-state index in [1.165, 1.54) is 11.8 Å². The second-order valence-corrected chi connectivity index (χ2v) is 8.55. The first-order valence-corrected chi connectivity index (χ1v) is 11.8. The second kappa shape index (κ2) is 11.0. The fourth-order valence-corrected chi connectivity index (χ4v) is 4.19. The van der Waals surface area contributed by atoms with E-state index in [4.69, 9.17) is 14.2 Å². The Labute approximate surface area is 208 Å². The van der Waals surface area contributed by atoms with E-state index in [0.29, 0.717) is 33.9 Å². The van der Waals surface area contributed by atoms with Crippen LogP contribution in [-0.4, -0.2) is 47.8 Å².